The van der Waals surface area contributed by atoms with Crippen molar-refractivity contribution in [3.63, 3.8) is 0 Å². The molecule has 0 atom stereocenters. The molecule has 8 rings (SSSR count). The Morgan fingerprint density at radius 2 is 0.847 bits per heavy atom. The van der Waals surface area contributed by atoms with E-state index in [9.17, 15) is 54.2 Å². The Morgan fingerprint density at radius 1 is 0.417 bits per heavy atom. The van der Waals surface area contributed by atoms with Gasteiger partial charge in [-0.3, -0.25) is 0 Å². The molecule has 0 fully saturated rings. The molecule has 28 heteroatoms. The molecule has 0 amide bonds. The van der Waals surface area contributed by atoms with Crippen LogP contribution in [-0.2, 0) is 30.4 Å². The molecule has 0 spiro atoms. The van der Waals surface area contributed by atoms with Crippen LogP contribution in [0.25, 0.3) is 32.7 Å². The summed E-state index contributed by atoms with van der Waals surface area (Å²) in [4.78, 5) is -2.66. The minimum absolute atomic E-state index is 0. The van der Waals surface area contributed by atoms with E-state index in [-0.39, 0.29) is 139 Å². The van der Waals surface area contributed by atoms with E-state index in [1.165, 1.54) is 54.6 Å². The minimum atomic E-state index is -5.45. The number of fused-ring (bicyclic) bond motifs is 2. The summed E-state index contributed by atoms with van der Waals surface area (Å²) in [6.45, 7) is 0. The first-order valence-corrected chi connectivity index (χ1v) is 23.7. The fourth-order valence-electron chi connectivity index (χ4n) is 6.65. The third kappa shape index (κ3) is 13.1. The Morgan fingerprint density at radius 3 is 1.36 bits per heavy atom. The molecule has 0 bridgehead atoms. The molecule has 0 aromatic heterocycles. The summed E-state index contributed by atoms with van der Waals surface area (Å²) in [6.07, 6.45) is 0. The van der Waals surface area contributed by atoms with Gasteiger partial charge in [-0.1, -0.05) is 30.3 Å². The molecule has 0 saturated heterocycles. The van der Waals surface area contributed by atoms with E-state index in [0.29, 0.717) is 17.4 Å². The summed E-state index contributed by atoms with van der Waals surface area (Å²) < 4.78 is 109. The SMILES string of the molecule is Nc1c(N=Nc2ccc3cc(S(=O)(=O)[O-])cc(O)c3c2)ccc(N=Nc2cc(S(=O)(=O)[O-])cc3cc(S(=O)(=O)[O-])c(N=Nc4ccc(-c5ccc(N=Nc6ccc(O)cc6)cc5)cc4)c(O)c23)c1N.[Na+].[Na+].[Na+]. The zero-order chi connectivity index (χ0) is 49.4. The number of azo groups is 4. The van der Waals surface area contributed by atoms with Gasteiger partial charge in [0.1, 0.15) is 58.9 Å². The number of phenols is 3. The first-order valence-electron chi connectivity index (χ1n) is 19.4. The van der Waals surface area contributed by atoms with Crippen LogP contribution < -0.4 is 100 Å². The van der Waals surface area contributed by atoms with E-state index in [4.69, 9.17) is 11.5 Å². The molecule has 8 aromatic rings. The van der Waals surface area contributed by atoms with E-state index in [0.717, 1.165) is 35.4 Å². The average molecular weight is 1050 g/mol. The van der Waals surface area contributed by atoms with Gasteiger partial charge in [0, 0.05) is 5.39 Å². The second kappa shape index (κ2) is 23.1. The van der Waals surface area contributed by atoms with Gasteiger partial charge in [0.25, 0.3) is 0 Å². The van der Waals surface area contributed by atoms with Crippen LogP contribution in [0, 0.1) is 0 Å². The number of aromatic hydroxyl groups is 3. The number of hydrogen-bond donors (Lipinski definition) is 5. The molecule has 0 heterocycles. The Labute approximate surface area is 475 Å². The second-order valence-corrected chi connectivity index (χ2v) is 18.8. The predicted octanol–water partition coefficient (Wildman–Crippen LogP) is 1.33. The van der Waals surface area contributed by atoms with Crippen LogP contribution in [0.1, 0.15) is 0 Å². The summed E-state index contributed by atoms with van der Waals surface area (Å²) in [6, 6.07) is 30.5. The van der Waals surface area contributed by atoms with Crippen LogP contribution in [0.3, 0.4) is 0 Å². The van der Waals surface area contributed by atoms with E-state index in [2.05, 4.69) is 40.9 Å². The van der Waals surface area contributed by atoms with Crippen molar-refractivity contribution in [2.45, 2.75) is 14.7 Å². The predicted molar refractivity (Wildman–Crippen MR) is 247 cm³/mol. The van der Waals surface area contributed by atoms with E-state index in [1.54, 1.807) is 48.5 Å². The Kier molecular flexibility index (Phi) is 18.4. The van der Waals surface area contributed by atoms with Crippen LogP contribution in [-0.4, -0.2) is 54.2 Å². The van der Waals surface area contributed by atoms with Crippen LogP contribution in [0.15, 0.2) is 189 Å². The summed E-state index contributed by atoms with van der Waals surface area (Å²) in [7, 11) is -15.6. The van der Waals surface area contributed by atoms with Gasteiger partial charge < -0.3 is 40.4 Å². The van der Waals surface area contributed by atoms with Gasteiger partial charge in [0.05, 0.1) is 59.9 Å². The van der Waals surface area contributed by atoms with Crippen LogP contribution >= 0.6 is 0 Å². The molecule has 72 heavy (non-hydrogen) atoms. The minimum Gasteiger partial charge on any atom is -0.744 e. The molecule has 0 aliphatic carbocycles. The van der Waals surface area contributed by atoms with Gasteiger partial charge in [-0.25, -0.2) is 25.3 Å². The number of nitrogen functional groups attached to an aromatic ring is 2. The maximum absolute atomic E-state index is 12.5. The molecule has 0 radical (unpaired) electrons. The van der Waals surface area contributed by atoms with E-state index < -0.39 is 78.7 Å². The van der Waals surface area contributed by atoms with Crippen molar-refractivity contribution < 1.29 is 143 Å². The van der Waals surface area contributed by atoms with Crippen LogP contribution in [0.4, 0.5) is 56.9 Å². The van der Waals surface area contributed by atoms with Gasteiger partial charge in [-0.05, 0) is 125 Å². The average Bonchev–Trinajstić information content (AvgIpc) is 3.30. The quantitative estimate of drug-likeness (QED) is 0.0499. The molecule has 0 saturated carbocycles. The number of rotatable bonds is 12. The molecule has 0 aliphatic heterocycles. The Bertz CT molecular complexity index is 3870. The second-order valence-electron chi connectivity index (χ2n) is 14.7. The van der Waals surface area contributed by atoms with Crippen LogP contribution in [0.5, 0.6) is 17.2 Å². The number of benzene rings is 8. The standard InChI is InChI=1S/C44H32N10O12S3.3Na/c45-41-35(51-50-30-10-5-25-17-33(68(61,62)63)22-38(56)34(25)20-30)15-16-36(42(41)46)52-53-37-21-32(67(58,59)60)18-26-19-39(69(64,65)66)43(44(57)40(26)37)54-49-28-8-3-24(4-9-28)23-1-6-27(7-2-23)47-48-29-11-13-31(55)14-12-29;;;/h1-22,55-57H,45-46H2,(H,58,59,60)(H,61,62,63)(H,64,65,66);;;/q;3*+1/p-3. The van der Waals surface area contributed by atoms with Crippen molar-refractivity contribution in [1.82, 2.24) is 0 Å². The summed E-state index contributed by atoms with van der Waals surface area (Å²) in [5, 5.41) is 63.4. The number of hydrogen-bond acceptors (Lipinski definition) is 22. The number of anilines is 2. The molecule has 0 aliphatic rings. The number of phenolic OH excluding ortho intramolecular Hbond substituents is 3. The first-order chi connectivity index (χ1) is 32.6. The van der Waals surface area contributed by atoms with Crippen molar-refractivity contribution >= 4 is 109 Å². The summed E-state index contributed by atoms with van der Waals surface area (Å²) in [5.41, 5.74) is 13.6. The molecule has 0 unspecified atom stereocenters. The van der Waals surface area contributed by atoms with Crippen molar-refractivity contribution in [3.8, 4) is 28.4 Å². The first kappa shape index (κ1) is 57.3. The van der Waals surface area contributed by atoms with Gasteiger partial charge >= 0.3 is 88.7 Å². The largest absolute Gasteiger partial charge is 1.00 e. The smallest absolute Gasteiger partial charge is 0.744 e. The van der Waals surface area contributed by atoms with Gasteiger partial charge in [-0.2, -0.15) is 20.5 Å². The Hall–Kier alpha value is -5.59. The van der Waals surface area contributed by atoms with Crippen molar-refractivity contribution in [1.29, 1.82) is 0 Å². The Balaban J connectivity index is 0.00000321. The fraction of sp³-hybridized carbons (Fsp3) is 0. The summed E-state index contributed by atoms with van der Waals surface area (Å²) in [5.74, 6) is -1.39. The molecule has 8 aromatic carbocycles. The maximum atomic E-state index is 12.5. The number of nitrogens with two attached hydrogens (primary N) is 2. The zero-order valence-corrected chi connectivity index (χ0v) is 46.1. The molecular weight excluding hydrogens is 1030 g/mol. The normalized spacial score (nSPS) is 12.2. The van der Waals surface area contributed by atoms with Crippen LogP contribution in [0.2, 0.25) is 0 Å². The van der Waals surface area contributed by atoms with Gasteiger partial charge in [0.2, 0.25) is 0 Å². The van der Waals surface area contributed by atoms with E-state index in [1.807, 2.05) is 0 Å². The van der Waals surface area contributed by atoms with Crippen molar-refractivity contribution in [2.75, 3.05) is 11.5 Å². The van der Waals surface area contributed by atoms with E-state index >= 15 is 0 Å². The van der Waals surface area contributed by atoms with Crippen molar-refractivity contribution in [3.05, 3.63) is 133 Å². The number of nitrogens with zero attached hydrogens (tertiary/aromatic N) is 8. The monoisotopic (exact) mass is 1050 g/mol. The molecule has 7 N–H and O–H groups in total. The van der Waals surface area contributed by atoms with Gasteiger partial charge in [0.15, 0.2) is 5.75 Å². The van der Waals surface area contributed by atoms with Crippen molar-refractivity contribution in [2.24, 2.45) is 40.9 Å². The maximum Gasteiger partial charge on any atom is 1.00 e. The molecule has 348 valence electrons. The third-order valence-electron chi connectivity index (χ3n) is 10.1. The fourth-order valence-corrected chi connectivity index (χ4v) is 8.35. The van der Waals surface area contributed by atoms with Gasteiger partial charge in [-0.15, -0.1) is 20.5 Å². The summed E-state index contributed by atoms with van der Waals surface area (Å²) >= 11 is 0. The molecular formula is C44H29N10Na3O12S3. The third-order valence-corrected chi connectivity index (χ3v) is 12.6. The topological polar surface area (TPSA) is 383 Å². The molecule has 22 nitrogen and oxygen atoms in total. The zero-order valence-electron chi connectivity index (χ0n) is 37.7.